The van der Waals surface area contributed by atoms with Crippen LogP contribution in [0.4, 0.5) is 26.3 Å². The predicted octanol–water partition coefficient (Wildman–Crippen LogP) is 3.17. The lowest BCUT2D eigenvalue weighted by molar-refractivity contribution is -0.139. The average Bonchev–Trinajstić information content (AvgIpc) is 2.43. The second kappa shape index (κ2) is 6.83. The minimum Gasteiger partial charge on any atom is -0.326 e. The lowest BCUT2D eigenvalue weighted by atomic mass is 10.2. The van der Waals surface area contributed by atoms with Crippen molar-refractivity contribution in [2.45, 2.75) is 16.6 Å². The molecule has 1 amide bonds. The van der Waals surface area contributed by atoms with Crippen LogP contribution in [0.3, 0.4) is 0 Å². The van der Waals surface area contributed by atoms with Crippen LogP contribution >= 0.6 is 0 Å². The molecule has 0 fully saturated rings. The zero-order chi connectivity index (χ0) is 18.8. The highest BCUT2D eigenvalue weighted by atomic mass is 32.2. The normalized spacial score (nSPS) is 12.8. The highest BCUT2D eigenvalue weighted by molar-refractivity contribution is 7.92. The molecular formula is C13H11F6NO3S. The van der Waals surface area contributed by atoms with Gasteiger partial charge in [0.15, 0.2) is 0 Å². The molecule has 0 atom stereocenters. The summed E-state index contributed by atoms with van der Waals surface area (Å²) in [7, 11) is -5.60. The lowest BCUT2D eigenvalue weighted by Crippen LogP contribution is -2.39. The van der Waals surface area contributed by atoms with Gasteiger partial charge in [-0.2, -0.15) is 26.3 Å². The van der Waals surface area contributed by atoms with Gasteiger partial charge >= 0.3 is 11.7 Å². The minimum absolute atomic E-state index is 0.375. The van der Waals surface area contributed by atoms with E-state index >= 15 is 0 Å². The molecule has 0 aromatic heterocycles. The van der Waals surface area contributed by atoms with Crippen molar-refractivity contribution in [3.8, 4) is 0 Å². The molecule has 0 unspecified atom stereocenters. The molecule has 1 aromatic rings. The van der Waals surface area contributed by atoms with Crippen LogP contribution in [0.2, 0.25) is 0 Å². The third-order valence-electron chi connectivity index (χ3n) is 2.72. The highest BCUT2D eigenvalue weighted by Gasteiger charge is 2.46. The van der Waals surface area contributed by atoms with Gasteiger partial charge < -0.3 is 4.90 Å². The molecule has 0 saturated heterocycles. The third kappa shape index (κ3) is 4.73. The van der Waals surface area contributed by atoms with Crippen molar-refractivity contribution in [3.05, 3.63) is 42.5 Å². The van der Waals surface area contributed by atoms with Crippen LogP contribution in [0, 0.1) is 0 Å². The predicted molar refractivity (Wildman–Crippen MR) is 71.8 cm³/mol. The summed E-state index contributed by atoms with van der Waals surface area (Å²) in [6, 6.07) is 2.45. The zero-order valence-corrected chi connectivity index (χ0v) is 12.7. The smallest absolute Gasteiger partial charge is 0.326 e. The summed E-state index contributed by atoms with van der Waals surface area (Å²) in [5.41, 5.74) is -5.91. The summed E-state index contributed by atoms with van der Waals surface area (Å²) in [6.45, 7) is 1.19. The van der Waals surface area contributed by atoms with Gasteiger partial charge in [0.25, 0.3) is 15.7 Å². The largest absolute Gasteiger partial charge is 0.501 e. The van der Waals surface area contributed by atoms with Crippen LogP contribution in [0.1, 0.15) is 10.4 Å². The number of benzene rings is 1. The molecule has 0 bridgehead atoms. The summed E-state index contributed by atoms with van der Waals surface area (Å²) >= 11 is 0. The Bertz CT molecular complexity index is 707. The van der Waals surface area contributed by atoms with Crippen molar-refractivity contribution in [3.63, 3.8) is 0 Å². The maximum absolute atomic E-state index is 12.4. The average molecular weight is 375 g/mol. The molecule has 11 heteroatoms. The first-order chi connectivity index (χ1) is 10.8. The number of nitrogens with zero attached hydrogens (tertiary/aromatic N) is 1. The van der Waals surface area contributed by atoms with Gasteiger partial charge in [-0.05, 0) is 24.3 Å². The van der Waals surface area contributed by atoms with Gasteiger partial charge in [-0.15, -0.1) is 6.58 Å². The monoisotopic (exact) mass is 375 g/mol. The first kappa shape index (κ1) is 20.0. The Morgan fingerprint density at radius 3 is 1.96 bits per heavy atom. The molecule has 1 aromatic carbocycles. The van der Waals surface area contributed by atoms with Gasteiger partial charge in [-0.25, -0.2) is 8.42 Å². The molecule has 1 rings (SSSR count). The second-order valence-electron chi connectivity index (χ2n) is 4.56. The van der Waals surface area contributed by atoms with Gasteiger partial charge in [0.1, 0.15) is 6.54 Å². The van der Waals surface area contributed by atoms with Gasteiger partial charge in [-0.1, -0.05) is 6.08 Å². The van der Waals surface area contributed by atoms with E-state index in [1.54, 1.807) is 0 Å². The molecule has 4 nitrogen and oxygen atoms in total. The van der Waals surface area contributed by atoms with Crippen molar-refractivity contribution in [1.29, 1.82) is 0 Å². The van der Waals surface area contributed by atoms with Crippen molar-refractivity contribution >= 4 is 15.7 Å². The Hall–Kier alpha value is -2.04. The molecule has 0 aliphatic carbocycles. The maximum atomic E-state index is 12.4. The Kier molecular flexibility index (Phi) is 5.70. The molecule has 0 saturated carbocycles. The van der Waals surface area contributed by atoms with Crippen molar-refractivity contribution in [1.82, 2.24) is 4.90 Å². The van der Waals surface area contributed by atoms with E-state index in [-0.39, 0.29) is 5.56 Å². The van der Waals surface area contributed by atoms with Gasteiger partial charge in [-0.3, -0.25) is 4.79 Å². The Morgan fingerprint density at radius 2 is 1.58 bits per heavy atom. The second-order valence-corrected chi connectivity index (χ2v) is 6.50. The van der Waals surface area contributed by atoms with Gasteiger partial charge in [0.05, 0.1) is 4.90 Å². The van der Waals surface area contributed by atoms with E-state index in [2.05, 4.69) is 6.58 Å². The van der Waals surface area contributed by atoms with E-state index in [1.807, 2.05) is 0 Å². The van der Waals surface area contributed by atoms with Crippen LogP contribution < -0.4 is 0 Å². The first-order valence-electron chi connectivity index (χ1n) is 6.18. The number of carbonyl (C=O) groups is 1. The fourth-order valence-electron chi connectivity index (χ4n) is 1.68. The van der Waals surface area contributed by atoms with E-state index in [4.69, 9.17) is 0 Å². The Balaban J connectivity index is 3.11. The van der Waals surface area contributed by atoms with E-state index in [9.17, 15) is 39.6 Å². The van der Waals surface area contributed by atoms with E-state index in [0.717, 1.165) is 6.08 Å². The van der Waals surface area contributed by atoms with Crippen LogP contribution in [0.25, 0.3) is 0 Å². The number of alkyl halides is 6. The quantitative estimate of drug-likeness (QED) is 0.587. The molecule has 0 aliphatic heterocycles. The summed E-state index contributed by atoms with van der Waals surface area (Å²) in [5, 5.41) is 0. The van der Waals surface area contributed by atoms with Crippen LogP contribution in [0.5, 0.6) is 0 Å². The zero-order valence-electron chi connectivity index (χ0n) is 11.9. The van der Waals surface area contributed by atoms with E-state index in [0.29, 0.717) is 29.2 Å². The highest BCUT2D eigenvalue weighted by Crippen LogP contribution is 2.30. The maximum Gasteiger partial charge on any atom is 0.501 e. The van der Waals surface area contributed by atoms with Gasteiger partial charge in [0, 0.05) is 12.1 Å². The SMILES string of the molecule is C=CCN(CC(F)(F)F)C(=O)c1ccc(S(=O)(=O)C(F)(F)F)cc1. The van der Waals surface area contributed by atoms with Crippen molar-refractivity contribution in [2.75, 3.05) is 13.1 Å². The Labute approximate surface area is 133 Å². The number of sulfone groups is 1. The van der Waals surface area contributed by atoms with E-state index in [1.165, 1.54) is 0 Å². The van der Waals surface area contributed by atoms with Crippen LogP contribution in [-0.4, -0.2) is 44.0 Å². The minimum atomic E-state index is -5.60. The molecule has 0 spiro atoms. The fraction of sp³-hybridized carbons (Fsp3) is 0.308. The summed E-state index contributed by atoms with van der Waals surface area (Å²) in [6.07, 6.45) is -3.63. The topological polar surface area (TPSA) is 54.5 Å². The van der Waals surface area contributed by atoms with E-state index < -0.39 is 45.4 Å². The Morgan fingerprint density at radius 1 is 1.08 bits per heavy atom. The number of rotatable bonds is 5. The number of hydrogen-bond acceptors (Lipinski definition) is 3. The number of hydrogen-bond donors (Lipinski definition) is 0. The number of amides is 1. The summed E-state index contributed by atoms with van der Waals surface area (Å²) in [5.74, 6) is -1.12. The third-order valence-corrected chi connectivity index (χ3v) is 4.23. The molecule has 0 radical (unpaired) electrons. The molecular weight excluding hydrogens is 364 g/mol. The molecule has 0 aliphatic rings. The van der Waals surface area contributed by atoms with Gasteiger partial charge in [0.2, 0.25) is 0 Å². The first-order valence-corrected chi connectivity index (χ1v) is 7.66. The molecule has 0 N–H and O–H groups in total. The lowest BCUT2D eigenvalue weighted by Gasteiger charge is -2.22. The molecule has 24 heavy (non-hydrogen) atoms. The summed E-state index contributed by atoms with van der Waals surface area (Å²) < 4.78 is 96.8. The fourth-order valence-corrected chi connectivity index (χ4v) is 2.45. The van der Waals surface area contributed by atoms with Crippen molar-refractivity contribution < 1.29 is 39.6 Å². The number of carbonyl (C=O) groups excluding carboxylic acids is 1. The van der Waals surface area contributed by atoms with Crippen molar-refractivity contribution in [2.24, 2.45) is 0 Å². The number of halogens is 6. The molecule has 0 heterocycles. The summed E-state index contributed by atoms with van der Waals surface area (Å²) in [4.78, 5) is 11.2. The van der Waals surface area contributed by atoms with Crippen LogP contribution in [-0.2, 0) is 9.84 Å². The molecule has 134 valence electrons. The van der Waals surface area contributed by atoms with Crippen LogP contribution in [0.15, 0.2) is 41.8 Å². The standard InChI is InChI=1S/C13H11F6NO3S/c1-2-7-20(8-12(14,15)16)11(21)9-3-5-10(6-4-9)24(22,23)13(17,18)19/h2-6H,1,7-8H2.